The third-order valence-electron chi connectivity index (χ3n) is 2.53. The van der Waals surface area contributed by atoms with E-state index in [1.54, 1.807) is 7.05 Å². The number of anilines is 2. The predicted molar refractivity (Wildman–Crippen MR) is 70.5 cm³/mol. The number of amides is 1. The van der Waals surface area contributed by atoms with E-state index in [0.717, 1.165) is 0 Å². The lowest BCUT2D eigenvalue weighted by Gasteiger charge is -2.15. The minimum absolute atomic E-state index is 0.00157. The molecule has 0 fully saturated rings. The summed E-state index contributed by atoms with van der Waals surface area (Å²) in [6.07, 6.45) is 0. The maximum absolute atomic E-state index is 11.6. The summed E-state index contributed by atoms with van der Waals surface area (Å²) in [6, 6.07) is 2.64. The lowest BCUT2D eigenvalue weighted by Crippen LogP contribution is -2.32. The van der Waals surface area contributed by atoms with Crippen LogP contribution in [-0.2, 0) is 4.79 Å². The number of nitrogens with one attached hydrogen (secondary N) is 2. The van der Waals surface area contributed by atoms with E-state index in [0.29, 0.717) is 6.54 Å². The lowest BCUT2D eigenvalue weighted by atomic mass is 10.3. The molecule has 0 aliphatic carbocycles. The van der Waals surface area contributed by atoms with Crippen molar-refractivity contribution < 1.29 is 9.72 Å². The molecular weight excluding hydrogens is 252 g/mol. The first-order chi connectivity index (χ1) is 8.99. The molecule has 0 spiro atoms. The zero-order valence-corrected chi connectivity index (χ0v) is 10.7. The van der Waals surface area contributed by atoms with Crippen LogP contribution in [0.25, 0.3) is 0 Å². The van der Waals surface area contributed by atoms with Crippen LogP contribution in [-0.4, -0.2) is 40.9 Å². The summed E-state index contributed by atoms with van der Waals surface area (Å²) in [4.78, 5) is 27.3. The Kier molecular flexibility index (Phi) is 5.01. The van der Waals surface area contributed by atoms with Gasteiger partial charge in [0.25, 0.3) is 0 Å². The van der Waals surface area contributed by atoms with Crippen molar-refractivity contribution >= 4 is 23.2 Å². The van der Waals surface area contributed by atoms with E-state index in [1.165, 1.54) is 17.0 Å². The number of nitrogens with two attached hydrogens (primary N) is 1. The Bertz CT molecular complexity index is 478. The van der Waals surface area contributed by atoms with Gasteiger partial charge in [-0.1, -0.05) is 0 Å². The Morgan fingerprint density at radius 2 is 2.26 bits per heavy atom. The Balaban J connectivity index is 2.86. The minimum Gasteiger partial charge on any atom is -0.355 e. The van der Waals surface area contributed by atoms with E-state index in [-0.39, 0.29) is 29.8 Å². The highest BCUT2D eigenvalue weighted by Crippen LogP contribution is 2.23. The van der Waals surface area contributed by atoms with Gasteiger partial charge < -0.3 is 15.6 Å². The van der Waals surface area contributed by atoms with Crippen LogP contribution in [0.1, 0.15) is 6.92 Å². The Morgan fingerprint density at radius 1 is 1.58 bits per heavy atom. The van der Waals surface area contributed by atoms with Gasteiger partial charge in [-0.25, -0.2) is 10.8 Å². The molecule has 0 atom stereocenters. The minimum atomic E-state index is -0.580. The number of hydrazine groups is 1. The third-order valence-corrected chi connectivity index (χ3v) is 2.53. The number of pyridine rings is 1. The van der Waals surface area contributed by atoms with Crippen LogP contribution in [0.4, 0.5) is 17.3 Å². The zero-order valence-electron chi connectivity index (χ0n) is 10.7. The molecule has 1 amide bonds. The summed E-state index contributed by atoms with van der Waals surface area (Å²) in [7, 11) is 1.64. The number of rotatable bonds is 6. The number of nitro groups is 1. The van der Waals surface area contributed by atoms with Gasteiger partial charge in [-0.05, 0) is 13.0 Å². The molecule has 0 saturated carbocycles. The van der Waals surface area contributed by atoms with Gasteiger partial charge in [0.2, 0.25) is 11.7 Å². The average molecular weight is 268 g/mol. The molecule has 0 aliphatic rings. The maximum atomic E-state index is 11.6. The molecule has 0 saturated heterocycles. The second kappa shape index (κ2) is 6.50. The number of likely N-dealkylation sites (N-methyl/N-ethyl adjacent to an activating group) is 1. The van der Waals surface area contributed by atoms with Crippen LogP contribution in [0.15, 0.2) is 12.1 Å². The highest BCUT2D eigenvalue weighted by atomic mass is 16.6. The van der Waals surface area contributed by atoms with Crippen LogP contribution in [0.2, 0.25) is 0 Å². The van der Waals surface area contributed by atoms with E-state index in [1.807, 2.05) is 6.92 Å². The average Bonchev–Trinajstić information content (AvgIpc) is 2.43. The van der Waals surface area contributed by atoms with E-state index < -0.39 is 4.92 Å². The summed E-state index contributed by atoms with van der Waals surface area (Å²) < 4.78 is 0. The second-order valence-electron chi connectivity index (χ2n) is 3.73. The van der Waals surface area contributed by atoms with Gasteiger partial charge >= 0.3 is 5.69 Å². The van der Waals surface area contributed by atoms with Crippen molar-refractivity contribution in [3.05, 3.63) is 22.2 Å². The topological polar surface area (TPSA) is 126 Å². The van der Waals surface area contributed by atoms with Gasteiger partial charge in [0.15, 0.2) is 0 Å². The molecule has 9 heteroatoms. The molecule has 0 aliphatic heterocycles. The number of nitrogen functional groups attached to an aromatic ring is 1. The quantitative estimate of drug-likeness (QED) is 0.381. The van der Waals surface area contributed by atoms with Gasteiger partial charge in [0.1, 0.15) is 5.82 Å². The molecule has 0 aromatic carbocycles. The highest BCUT2D eigenvalue weighted by molar-refractivity contribution is 5.81. The van der Waals surface area contributed by atoms with Gasteiger partial charge in [0, 0.05) is 19.7 Å². The van der Waals surface area contributed by atoms with Crippen LogP contribution < -0.4 is 16.6 Å². The van der Waals surface area contributed by atoms with Crippen LogP contribution in [0.3, 0.4) is 0 Å². The summed E-state index contributed by atoms with van der Waals surface area (Å²) >= 11 is 0. The third kappa shape index (κ3) is 3.78. The fraction of sp³-hybridized carbons (Fsp3) is 0.400. The predicted octanol–water partition coefficient (Wildman–Crippen LogP) is 0.166. The standard InChI is InChI=1S/C10H16N6O3/c1-3-15(2)9(17)6-12-10-7(16(18)19)4-5-8(13-10)14-11/h4-5H,3,6,11H2,1-2H3,(H2,12,13,14). The molecule has 1 aromatic rings. The molecule has 1 aromatic heterocycles. The lowest BCUT2D eigenvalue weighted by molar-refractivity contribution is -0.384. The van der Waals surface area contributed by atoms with Crippen molar-refractivity contribution in [1.82, 2.24) is 9.88 Å². The number of nitrogens with zero attached hydrogens (tertiary/aromatic N) is 3. The van der Waals surface area contributed by atoms with Gasteiger partial charge in [0.05, 0.1) is 11.5 Å². The largest absolute Gasteiger partial charge is 0.355 e. The Labute approximate surface area is 109 Å². The first kappa shape index (κ1) is 14.6. The van der Waals surface area contributed by atoms with Gasteiger partial charge in [-0.3, -0.25) is 14.9 Å². The van der Waals surface area contributed by atoms with Crippen LogP contribution in [0.5, 0.6) is 0 Å². The van der Waals surface area contributed by atoms with E-state index >= 15 is 0 Å². The molecule has 0 radical (unpaired) electrons. The van der Waals surface area contributed by atoms with Crippen molar-refractivity contribution in [3.8, 4) is 0 Å². The summed E-state index contributed by atoms with van der Waals surface area (Å²) in [5, 5.41) is 13.5. The molecule has 0 unspecified atom stereocenters. The molecule has 19 heavy (non-hydrogen) atoms. The maximum Gasteiger partial charge on any atom is 0.311 e. The molecular formula is C10H16N6O3. The van der Waals surface area contributed by atoms with Crippen molar-refractivity contribution in [1.29, 1.82) is 0 Å². The number of aromatic nitrogens is 1. The number of carbonyl (C=O) groups is 1. The fourth-order valence-corrected chi connectivity index (χ4v) is 1.28. The van der Waals surface area contributed by atoms with Crippen molar-refractivity contribution in [2.24, 2.45) is 5.84 Å². The summed E-state index contributed by atoms with van der Waals surface area (Å²) in [5.74, 6) is 5.26. The first-order valence-electron chi connectivity index (χ1n) is 5.59. The van der Waals surface area contributed by atoms with Crippen molar-refractivity contribution in [2.75, 3.05) is 30.9 Å². The fourth-order valence-electron chi connectivity index (χ4n) is 1.28. The highest BCUT2D eigenvalue weighted by Gasteiger charge is 2.17. The van der Waals surface area contributed by atoms with E-state index in [2.05, 4.69) is 15.7 Å². The van der Waals surface area contributed by atoms with Crippen molar-refractivity contribution in [3.63, 3.8) is 0 Å². The molecule has 1 heterocycles. The first-order valence-corrected chi connectivity index (χ1v) is 5.59. The van der Waals surface area contributed by atoms with Crippen LogP contribution >= 0.6 is 0 Å². The Hall–Kier alpha value is -2.42. The monoisotopic (exact) mass is 268 g/mol. The molecule has 0 bridgehead atoms. The summed E-state index contributed by atoms with van der Waals surface area (Å²) in [6.45, 7) is 2.31. The normalized spacial score (nSPS) is 9.84. The second-order valence-corrected chi connectivity index (χ2v) is 3.73. The number of hydrogen-bond donors (Lipinski definition) is 3. The molecule has 1 rings (SSSR count). The van der Waals surface area contributed by atoms with E-state index in [4.69, 9.17) is 5.84 Å². The van der Waals surface area contributed by atoms with Crippen molar-refractivity contribution in [2.45, 2.75) is 6.92 Å². The summed E-state index contributed by atoms with van der Waals surface area (Å²) in [5.41, 5.74) is 2.07. The SMILES string of the molecule is CCN(C)C(=O)CNc1nc(NN)ccc1[N+](=O)[O-]. The zero-order chi connectivity index (χ0) is 14.4. The van der Waals surface area contributed by atoms with Gasteiger partial charge in [-0.2, -0.15) is 0 Å². The Morgan fingerprint density at radius 3 is 2.79 bits per heavy atom. The molecule has 104 valence electrons. The van der Waals surface area contributed by atoms with Crippen LogP contribution in [0, 0.1) is 10.1 Å². The molecule has 4 N–H and O–H groups in total. The number of carbonyl (C=O) groups excluding carboxylic acids is 1. The smallest absolute Gasteiger partial charge is 0.311 e. The van der Waals surface area contributed by atoms with E-state index in [9.17, 15) is 14.9 Å². The molecule has 9 nitrogen and oxygen atoms in total. The van der Waals surface area contributed by atoms with Gasteiger partial charge in [-0.15, -0.1) is 0 Å². The number of hydrogen-bond acceptors (Lipinski definition) is 7.